The molecule has 0 N–H and O–H groups in total. The van der Waals surface area contributed by atoms with Crippen LogP contribution in [0.4, 0.5) is 0 Å². The highest BCUT2D eigenvalue weighted by Crippen LogP contribution is 2.08. The summed E-state index contributed by atoms with van der Waals surface area (Å²) in [4.78, 5) is 0. The Morgan fingerprint density at radius 3 is 2.00 bits per heavy atom. The van der Waals surface area contributed by atoms with Gasteiger partial charge in [-0.3, -0.25) is 0 Å². The van der Waals surface area contributed by atoms with Crippen molar-refractivity contribution in [2.45, 2.75) is 71.1 Å². The van der Waals surface area contributed by atoms with Gasteiger partial charge in [-0.1, -0.05) is 82.4 Å². The first-order chi connectivity index (χ1) is 8.41. The maximum absolute atomic E-state index is 5.27. The van der Waals surface area contributed by atoms with Crippen LogP contribution in [-0.4, -0.2) is 0 Å². The molecule has 0 aromatic heterocycles. The number of rotatable bonds is 12. The molecule has 0 aliphatic rings. The Morgan fingerprint density at radius 1 is 0.706 bits per heavy atom. The van der Waals surface area contributed by atoms with E-state index in [1.807, 2.05) is 0 Å². The highest BCUT2D eigenvalue weighted by molar-refractivity contribution is 4.94. The molecule has 0 heterocycles. The van der Waals surface area contributed by atoms with Gasteiger partial charge in [0.2, 0.25) is 0 Å². The summed E-state index contributed by atoms with van der Waals surface area (Å²) in [5.74, 6) is 0. The molecule has 0 saturated carbocycles. The first kappa shape index (κ1) is 16.2. The molecule has 0 bridgehead atoms. The average Bonchev–Trinajstić information content (AvgIpc) is 2.35. The van der Waals surface area contributed by atoms with Gasteiger partial charge in [-0.15, -0.1) is 0 Å². The Hall–Kier alpha value is -0.780. The van der Waals surface area contributed by atoms with Gasteiger partial charge < -0.3 is 0 Å². The van der Waals surface area contributed by atoms with Crippen LogP contribution in [0.1, 0.15) is 71.1 Å². The Kier molecular flexibility index (Phi) is 14.5. The summed E-state index contributed by atoms with van der Waals surface area (Å²) in [5, 5.41) is 0. The second-order valence-corrected chi connectivity index (χ2v) is 4.56. The van der Waals surface area contributed by atoms with Gasteiger partial charge in [0, 0.05) is 0 Å². The van der Waals surface area contributed by atoms with Crippen molar-refractivity contribution in [1.29, 1.82) is 0 Å². The van der Waals surface area contributed by atoms with Crippen LogP contribution in [0.5, 0.6) is 0 Å². The van der Waals surface area contributed by atoms with Gasteiger partial charge in [-0.2, -0.15) is 0 Å². The smallest absolute Gasteiger partial charge is 0.0166 e. The van der Waals surface area contributed by atoms with E-state index in [9.17, 15) is 0 Å². The van der Waals surface area contributed by atoms with E-state index in [0.29, 0.717) is 0 Å². The first-order valence-electron chi connectivity index (χ1n) is 7.25. The van der Waals surface area contributed by atoms with Crippen molar-refractivity contribution in [3.63, 3.8) is 0 Å². The van der Waals surface area contributed by atoms with Crippen molar-refractivity contribution in [2.75, 3.05) is 0 Å². The fraction of sp³-hybridized carbons (Fsp3) is 0.647. The third kappa shape index (κ3) is 15.2. The van der Waals surface area contributed by atoms with E-state index in [0.717, 1.165) is 12.8 Å². The molecule has 97 valence electrons. The molecule has 0 unspecified atom stereocenters. The fourth-order valence-corrected chi connectivity index (χ4v) is 1.78. The lowest BCUT2D eigenvalue weighted by Gasteiger charge is -1.98. The highest BCUT2D eigenvalue weighted by atomic mass is 13.9. The molecule has 0 aliphatic carbocycles. The molecule has 0 nitrogen and oxygen atoms in total. The fourth-order valence-electron chi connectivity index (χ4n) is 1.78. The minimum atomic E-state index is 0.881. The quantitative estimate of drug-likeness (QED) is 0.286. The Balaban J connectivity index is 3.11. The first-order valence-corrected chi connectivity index (χ1v) is 7.25. The molecule has 0 atom stereocenters. The molecular formula is C17H29. The summed E-state index contributed by atoms with van der Waals surface area (Å²) in [5.41, 5.74) is 0. The van der Waals surface area contributed by atoms with Crippen LogP contribution in [-0.2, 0) is 0 Å². The lowest BCUT2D eigenvalue weighted by molar-refractivity contribution is 0.592. The topological polar surface area (TPSA) is 0 Å². The van der Waals surface area contributed by atoms with Crippen molar-refractivity contribution in [1.82, 2.24) is 0 Å². The van der Waals surface area contributed by atoms with Crippen molar-refractivity contribution in [2.24, 2.45) is 0 Å². The zero-order valence-corrected chi connectivity index (χ0v) is 11.5. The largest absolute Gasteiger partial charge is 0.0882 e. The van der Waals surface area contributed by atoms with E-state index in [2.05, 4.69) is 31.2 Å². The van der Waals surface area contributed by atoms with Crippen molar-refractivity contribution in [3.8, 4) is 0 Å². The van der Waals surface area contributed by atoms with Crippen LogP contribution >= 0.6 is 0 Å². The summed E-state index contributed by atoms with van der Waals surface area (Å²) < 4.78 is 0. The lowest BCUT2D eigenvalue weighted by atomic mass is 10.1. The molecule has 0 aromatic carbocycles. The van der Waals surface area contributed by atoms with Gasteiger partial charge in [0.25, 0.3) is 0 Å². The van der Waals surface area contributed by atoms with Crippen LogP contribution < -0.4 is 0 Å². The van der Waals surface area contributed by atoms with E-state index < -0.39 is 0 Å². The van der Waals surface area contributed by atoms with E-state index >= 15 is 0 Å². The summed E-state index contributed by atoms with van der Waals surface area (Å²) >= 11 is 0. The normalized spacial score (nSPS) is 11.6. The SMILES string of the molecule is [CH]=CCC=CCC=CCCCCCCCCC. The standard InChI is InChI=1S/C17H29/c1-3-5-7-9-11-13-15-17-16-14-12-10-8-6-4-2/h1,3,7,9,13,15H,4-6,8,10-12,14,16-17H2,2H3. The average molecular weight is 233 g/mol. The van der Waals surface area contributed by atoms with E-state index in [1.54, 1.807) is 6.08 Å². The van der Waals surface area contributed by atoms with Crippen LogP contribution in [0.25, 0.3) is 0 Å². The molecule has 0 spiro atoms. The molecule has 0 rings (SSSR count). The molecular weight excluding hydrogens is 204 g/mol. The van der Waals surface area contributed by atoms with Crippen LogP contribution in [0.15, 0.2) is 30.4 Å². The second kappa shape index (κ2) is 15.2. The van der Waals surface area contributed by atoms with Crippen LogP contribution in [0, 0.1) is 6.58 Å². The minimum absolute atomic E-state index is 0.881. The van der Waals surface area contributed by atoms with Gasteiger partial charge >= 0.3 is 0 Å². The van der Waals surface area contributed by atoms with Gasteiger partial charge in [0.1, 0.15) is 0 Å². The highest BCUT2D eigenvalue weighted by Gasteiger charge is 1.88. The van der Waals surface area contributed by atoms with Gasteiger partial charge in [0.15, 0.2) is 0 Å². The van der Waals surface area contributed by atoms with Gasteiger partial charge in [-0.05, 0) is 25.7 Å². The van der Waals surface area contributed by atoms with Crippen molar-refractivity contribution < 1.29 is 0 Å². The van der Waals surface area contributed by atoms with E-state index in [1.165, 1.54) is 51.4 Å². The lowest BCUT2D eigenvalue weighted by Crippen LogP contribution is -1.78. The van der Waals surface area contributed by atoms with Gasteiger partial charge in [0.05, 0.1) is 0 Å². The molecule has 0 aliphatic heterocycles. The second-order valence-electron chi connectivity index (χ2n) is 4.56. The van der Waals surface area contributed by atoms with Crippen LogP contribution in [0.2, 0.25) is 0 Å². The summed E-state index contributed by atoms with van der Waals surface area (Å²) in [6.07, 6.45) is 23.5. The van der Waals surface area contributed by atoms with Crippen molar-refractivity contribution in [3.05, 3.63) is 37.0 Å². The number of unbranched alkanes of at least 4 members (excludes halogenated alkanes) is 7. The molecule has 0 aromatic rings. The predicted octanol–water partition coefficient (Wildman–Crippen LogP) is 6.01. The maximum atomic E-state index is 5.27. The Bertz CT molecular complexity index is 198. The van der Waals surface area contributed by atoms with E-state index in [4.69, 9.17) is 6.58 Å². The molecule has 0 saturated heterocycles. The molecule has 0 heteroatoms. The number of allylic oxidation sites excluding steroid dienone is 5. The van der Waals surface area contributed by atoms with Crippen LogP contribution in [0.3, 0.4) is 0 Å². The Labute approximate surface area is 109 Å². The molecule has 1 radical (unpaired) electrons. The van der Waals surface area contributed by atoms with Gasteiger partial charge in [-0.25, -0.2) is 0 Å². The summed E-state index contributed by atoms with van der Waals surface area (Å²) in [6.45, 7) is 7.54. The number of hydrogen-bond donors (Lipinski definition) is 0. The Morgan fingerprint density at radius 2 is 1.29 bits per heavy atom. The summed E-state index contributed by atoms with van der Waals surface area (Å²) in [7, 11) is 0. The predicted molar refractivity (Wildman–Crippen MR) is 79.0 cm³/mol. The monoisotopic (exact) mass is 233 g/mol. The zero-order chi connectivity index (χ0) is 12.6. The maximum Gasteiger partial charge on any atom is -0.0166 e. The molecule has 0 fully saturated rings. The molecule has 0 amide bonds. The summed E-state index contributed by atoms with van der Waals surface area (Å²) in [6, 6.07) is 0. The van der Waals surface area contributed by atoms with Crippen molar-refractivity contribution >= 4 is 0 Å². The number of hydrogen-bond acceptors (Lipinski definition) is 0. The zero-order valence-electron chi connectivity index (χ0n) is 11.5. The minimum Gasteiger partial charge on any atom is -0.0882 e. The third-order valence-electron chi connectivity index (χ3n) is 2.85. The molecule has 17 heavy (non-hydrogen) atoms. The van der Waals surface area contributed by atoms with E-state index in [-0.39, 0.29) is 0 Å². The third-order valence-corrected chi connectivity index (χ3v) is 2.85.